The van der Waals surface area contributed by atoms with E-state index in [2.05, 4.69) is 0 Å². The van der Waals surface area contributed by atoms with Gasteiger partial charge in [-0.25, -0.2) is 0 Å². The molecule has 0 atom stereocenters. The van der Waals surface area contributed by atoms with Crippen LogP contribution in [0.5, 0.6) is 0 Å². The van der Waals surface area contributed by atoms with E-state index in [9.17, 15) is 4.79 Å². The first-order valence-electron chi connectivity index (χ1n) is 4.77. The average Bonchev–Trinajstić information content (AvgIpc) is 2.30. The lowest BCUT2D eigenvalue weighted by Crippen LogP contribution is -2.01. The van der Waals surface area contributed by atoms with Gasteiger partial charge in [-0.3, -0.25) is 4.79 Å². The lowest BCUT2D eigenvalue weighted by Gasteiger charge is -1.99. The summed E-state index contributed by atoms with van der Waals surface area (Å²) in [5, 5.41) is 1.27. The molecule has 16 heavy (non-hydrogen) atoms. The van der Waals surface area contributed by atoms with Gasteiger partial charge in [0.1, 0.15) is 11.2 Å². The second kappa shape index (κ2) is 3.94. The Balaban J connectivity index is 0.000000963. The SMILES string of the molecule is O=c1c2ccccc2oc2ccccc12.[Si]. The first kappa shape index (κ1) is 10.6. The number of benzene rings is 2. The molecular formula is C13H8O2Si. The van der Waals surface area contributed by atoms with Crippen LogP contribution in [-0.4, -0.2) is 11.0 Å². The summed E-state index contributed by atoms with van der Waals surface area (Å²) < 4.78 is 5.63. The fourth-order valence-electron chi connectivity index (χ4n) is 1.75. The van der Waals surface area contributed by atoms with Gasteiger partial charge in [0.05, 0.1) is 10.8 Å². The molecule has 4 radical (unpaired) electrons. The Morgan fingerprint density at radius 3 is 1.69 bits per heavy atom. The van der Waals surface area contributed by atoms with Gasteiger partial charge in [-0.05, 0) is 24.3 Å². The number of fused-ring (bicyclic) bond motifs is 2. The van der Waals surface area contributed by atoms with Crippen LogP contribution in [0.1, 0.15) is 0 Å². The smallest absolute Gasteiger partial charge is 0.200 e. The van der Waals surface area contributed by atoms with Crippen LogP contribution in [0, 0.1) is 0 Å². The average molecular weight is 224 g/mol. The Kier molecular flexibility index (Phi) is 2.62. The van der Waals surface area contributed by atoms with Gasteiger partial charge in [-0.15, -0.1) is 0 Å². The maximum absolute atomic E-state index is 12.0. The quantitative estimate of drug-likeness (QED) is 0.434. The van der Waals surface area contributed by atoms with E-state index in [0.717, 1.165) is 0 Å². The molecule has 0 fully saturated rings. The van der Waals surface area contributed by atoms with E-state index in [-0.39, 0.29) is 16.4 Å². The molecule has 0 aliphatic heterocycles. The van der Waals surface area contributed by atoms with Gasteiger partial charge in [0.25, 0.3) is 0 Å². The molecule has 0 spiro atoms. The van der Waals surface area contributed by atoms with Crippen molar-refractivity contribution in [3.63, 3.8) is 0 Å². The van der Waals surface area contributed by atoms with Crippen molar-refractivity contribution in [2.45, 2.75) is 0 Å². The molecule has 0 aliphatic carbocycles. The third kappa shape index (κ3) is 1.45. The van der Waals surface area contributed by atoms with Crippen LogP contribution >= 0.6 is 0 Å². The van der Waals surface area contributed by atoms with Crippen molar-refractivity contribution < 1.29 is 4.42 Å². The fourth-order valence-corrected chi connectivity index (χ4v) is 1.75. The lowest BCUT2D eigenvalue weighted by molar-refractivity contribution is 0.660. The third-order valence-corrected chi connectivity index (χ3v) is 2.48. The molecule has 3 aromatic rings. The van der Waals surface area contributed by atoms with Gasteiger partial charge >= 0.3 is 0 Å². The van der Waals surface area contributed by atoms with Crippen LogP contribution in [-0.2, 0) is 0 Å². The van der Waals surface area contributed by atoms with Crippen molar-refractivity contribution in [1.82, 2.24) is 0 Å². The maximum atomic E-state index is 12.0. The van der Waals surface area contributed by atoms with Crippen molar-refractivity contribution in [3.8, 4) is 0 Å². The Morgan fingerprint density at radius 1 is 0.750 bits per heavy atom. The largest absolute Gasteiger partial charge is 0.456 e. The van der Waals surface area contributed by atoms with E-state index >= 15 is 0 Å². The Labute approximate surface area is 96.5 Å². The standard InChI is InChI=1S/C13H8O2.Si/c14-13-9-5-1-3-7-11(9)15-12-8-4-2-6-10(12)13;/h1-8H;. The molecule has 0 saturated carbocycles. The van der Waals surface area contributed by atoms with Crippen molar-refractivity contribution in [3.05, 3.63) is 58.8 Å². The highest BCUT2D eigenvalue weighted by molar-refractivity contribution is 5.89. The highest BCUT2D eigenvalue weighted by Crippen LogP contribution is 2.17. The maximum Gasteiger partial charge on any atom is 0.200 e. The minimum Gasteiger partial charge on any atom is -0.456 e. The van der Waals surface area contributed by atoms with Crippen molar-refractivity contribution in [2.75, 3.05) is 0 Å². The zero-order chi connectivity index (χ0) is 10.3. The van der Waals surface area contributed by atoms with Gasteiger partial charge in [0, 0.05) is 11.0 Å². The van der Waals surface area contributed by atoms with E-state index in [1.54, 1.807) is 12.1 Å². The molecular weight excluding hydrogens is 216 g/mol. The molecule has 0 N–H and O–H groups in total. The molecule has 3 heteroatoms. The third-order valence-electron chi connectivity index (χ3n) is 2.48. The number of rotatable bonds is 0. The van der Waals surface area contributed by atoms with Gasteiger partial charge in [0.2, 0.25) is 5.43 Å². The van der Waals surface area contributed by atoms with Crippen LogP contribution < -0.4 is 5.43 Å². The second-order valence-electron chi connectivity index (χ2n) is 3.42. The molecule has 0 bridgehead atoms. The molecule has 3 rings (SSSR count). The number of hydrogen-bond donors (Lipinski definition) is 0. The number of hydrogen-bond acceptors (Lipinski definition) is 2. The van der Waals surface area contributed by atoms with Crippen LogP contribution in [0.3, 0.4) is 0 Å². The van der Waals surface area contributed by atoms with Crippen LogP contribution in [0.2, 0.25) is 0 Å². The lowest BCUT2D eigenvalue weighted by atomic mass is 10.1. The van der Waals surface area contributed by atoms with E-state index in [0.29, 0.717) is 21.9 Å². The van der Waals surface area contributed by atoms with Gasteiger partial charge in [-0.1, -0.05) is 24.3 Å². The van der Waals surface area contributed by atoms with E-state index in [4.69, 9.17) is 4.42 Å². The Hall–Kier alpha value is -1.87. The minimum absolute atomic E-state index is 0. The first-order valence-corrected chi connectivity index (χ1v) is 4.77. The van der Waals surface area contributed by atoms with E-state index in [1.165, 1.54) is 0 Å². The van der Waals surface area contributed by atoms with Crippen molar-refractivity contribution >= 4 is 32.9 Å². The molecule has 1 aromatic heterocycles. The molecule has 2 aromatic carbocycles. The monoisotopic (exact) mass is 224 g/mol. The summed E-state index contributed by atoms with van der Waals surface area (Å²) >= 11 is 0. The molecule has 0 saturated heterocycles. The fraction of sp³-hybridized carbons (Fsp3) is 0. The second-order valence-corrected chi connectivity index (χ2v) is 3.42. The Bertz CT molecular complexity index is 644. The first-order chi connectivity index (χ1) is 7.36. The van der Waals surface area contributed by atoms with Gasteiger partial charge < -0.3 is 4.42 Å². The van der Waals surface area contributed by atoms with E-state index < -0.39 is 0 Å². The summed E-state index contributed by atoms with van der Waals surface area (Å²) in [4.78, 5) is 12.0. The summed E-state index contributed by atoms with van der Waals surface area (Å²) in [6.45, 7) is 0. The predicted molar refractivity (Wildman–Crippen MR) is 65.7 cm³/mol. The summed E-state index contributed by atoms with van der Waals surface area (Å²) in [5.74, 6) is 0. The molecule has 2 nitrogen and oxygen atoms in total. The van der Waals surface area contributed by atoms with Crippen LogP contribution in [0.25, 0.3) is 21.9 Å². The highest BCUT2D eigenvalue weighted by atomic mass is 28.1. The van der Waals surface area contributed by atoms with Gasteiger partial charge in [0.15, 0.2) is 0 Å². The van der Waals surface area contributed by atoms with Crippen molar-refractivity contribution in [2.24, 2.45) is 0 Å². The molecule has 76 valence electrons. The summed E-state index contributed by atoms with van der Waals surface area (Å²) in [6.07, 6.45) is 0. The predicted octanol–water partition coefficient (Wildman–Crippen LogP) is 2.57. The van der Waals surface area contributed by atoms with Gasteiger partial charge in [-0.2, -0.15) is 0 Å². The molecule has 1 heterocycles. The normalized spacial score (nSPS) is 10.2. The van der Waals surface area contributed by atoms with Crippen LogP contribution in [0.15, 0.2) is 57.7 Å². The molecule has 0 unspecified atom stereocenters. The summed E-state index contributed by atoms with van der Waals surface area (Å²) in [6, 6.07) is 14.6. The van der Waals surface area contributed by atoms with Crippen LogP contribution in [0.4, 0.5) is 0 Å². The summed E-state index contributed by atoms with van der Waals surface area (Å²) in [7, 11) is 0. The van der Waals surface area contributed by atoms with E-state index in [1.807, 2.05) is 36.4 Å². The topological polar surface area (TPSA) is 30.2 Å². The van der Waals surface area contributed by atoms with Crippen molar-refractivity contribution in [1.29, 1.82) is 0 Å². The molecule has 0 amide bonds. The number of para-hydroxylation sites is 2. The molecule has 0 aliphatic rings. The summed E-state index contributed by atoms with van der Waals surface area (Å²) in [5.41, 5.74) is 1.31. The zero-order valence-electron chi connectivity index (χ0n) is 8.44. The minimum atomic E-state index is 0. The highest BCUT2D eigenvalue weighted by Gasteiger charge is 2.04. The zero-order valence-corrected chi connectivity index (χ0v) is 9.44. The Morgan fingerprint density at radius 2 is 1.19 bits per heavy atom.